The number of fused-ring (bicyclic) bond motifs is 1. The Kier molecular flexibility index (Phi) is 1.94. The summed E-state index contributed by atoms with van der Waals surface area (Å²) >= 11 is 1.76. The van der Waals surface area contributed by atoms with Gasteiger partial charge in [-0.3, -0.25) is 4.79 Å². The highest BCUT2D eigenvalue weighted by Gasteiger charge is 2.51. The van der Waals surface area contributed by atoms with Gasteiger partial charge in [0.15, 0.2) is 0 Å². The maximum absolute atomic E-state index is 11.3. The third-order valence-electron chi connectivity index (χ3n) is 4.04. The molecule has 1 aromatic heterocycles. The average molecular weight is 259 g/mol. The minimum atomic E-state index is -0.695. The molecule has 0 radical (unpaired) electrons. The van der Waals surface area contributed by atoms with Crippen LogP contribution in [0.15, 0.2) is 18.2 Å². The summed E-state index contributed by atoms with van der Waals surface area (Å²) in [4.78, 5) is 16.0. The van der Waals surface area contributed by atoms with Crippen molar-refractivity contribution < 1.29 is 9.90 Å². The van der Waals surface area contributed by atoms with Gasteiger partial charge in [-0.2, -0.15) is 0 Å². The first-order valence-electron chi connectivity index (χ1n) is 6.33. The average Bonchev–Trinajstić information content (AvgIpc) is 3.23. The van der Waals surface area contributed by atoms with E-state index in [1.165, 1.54) is 22.5 Å². The van der Waals surface area contributed by atoms with Crippen LogP contribution in [0.3, 0.4) is 0 Å². The number of carbonyl (C=O) groups is 1. The second-order valence-electron chi connectivity index (χ2n) is 5.40. The van der Waals surface area contributed by atoms with Crippen molar-refractivity contribution in [1.82, 2.24) is 4.98 Å². The first kappa shape index (κ1) is 10.5. The minimum absolute atomic E-state index is 0.614. The van der Waals surface area contributed by atoms with Gasteiger partial charge < -0.3 is 5.11 Å². The fourth-order valence-electron chi connectivity index (χ4n) is 2.50. The van der Waals surface area contributed by atoms with Crippen molar-refractivity contribution in [2.24, 2.45) is 0 Å². The molecule has 2 fully saturated rings. The van der Waals surface area contributed by atoms with E-state index in [9.17, 15) is 9.90 Å². The highest BCUT2D eigenvalue weighted by molar-refractivity contribution is 7.18. The Morgan fingerprint density at radius 1 is 1.39 bits per heavy atom. The standard InChI is InChI=1S/C14H13NO2S/c16-13(17)14(5-6-14)9-3-4-11-10(7-9)15-12(18-11)8-1-2-8/h3-4,7-8H,1-2,5-6H2,(H,16,17). The first-order valence-corrected chi connectivity index (χ1v) is 7.15. The molecule has 18 heavy (non-hydrogen) atoms. The topological polar surface area (TPSA) is 50.2 Å². The molecule has 2 aromatic rings. The van der Waals surface area contributed by atoms with E-state index in [0.29, 0.717) is 5.92 Å². The van der Waals surface area contributed by atoms with Gasteiger partial charge >= 0.3 is 5.97 Å². The van der Waals surface area contributed by atoms with Gasteiger partial charge in [-0.1, -0.05) is 6.07 Å². The number of thiazole rings is 1. The molecule has 0 spiro atoms. The van der Waals surface area contributed by atoms with Crippen LogP contribution in [-0.4, -0.2) is 16.1 Å². The van der Waals surface area contributed by atoms with Crippen LogP contribution in [0.2, 0.25) is 0 Å². The lowest BCUT2D eigenvalue weighted by Crippen LogP contribution is -2.19. The van der Waals surface area contributed by atoms with Gasteiger partial charge in [0, 0.05) is 5.92 Å². The maximum atomic E-state index is 11.3. The summed E-state index contributed by atoms with van der Waals surface area (Å²) in [6.07, 6.45) is 4.03. The minimum Gasteiger partial charge on any atom is -0.481 e. The largest absolute Gasteiger partial charge is 0.481 e. The number of aromatic nitrogens is 1. The second-order valence-corrected chi connectivity index (χ2v) is 6.46. The molecule has 2 saturated carbocycles. The molecule has 0 amide bonds. The molecule has 0 bridgehead atoms. The van der Waals surface area contributed by atoms with Crippen LogP contribution in [-0.2, 0) is 10.2 Å². The number of hydrogen-bond acceptors (Lipinski definition) is 3. The van der Waals surface area contributed by atoms with E-state index in [2.05, 4.69) is 4.98 Å². The molecular formula is C14H13NO2S. The van der Waals surface area contributed by atoms with Gasteiger partial charge in [0.1, 0.15) is 0 Å². The van der Waals surface area contributed by atoms with E-state index in [4.69, 9.17) is 0 Å². The van der Waals surface area contributed by atoms with Crippen LogP contribution in [0, 0.1) is 0 Å². The lowest BCUT2D eigenvalue weighted by Gasteiger charge is -2.09. The number of carboxylic acids is 1. The third-order valence-corrected chi connectivity index (χ3v) is 5.24. The number of aliphatic carboxylic acids is 1. The number of hydrogen-bond donors (Lipinski definition) is 1. The van der Waals surface area contributed by atoms with Crippen molar-refractivity contribution >= 4 is 27.5 Å². The Morgan fingerprint density at radius 3 is 2.78 bits per heavy atom. The molecule has 3 nitrogen and oxygen atoms in total. The summed E-state index contributed by atoms with van der Waals surface area (Å²) in [5.41, 5.74) is 1.29. The predicted molar refractivity (Wildman–Crippen MR) is 70.1 cm³/mol. The van der Waals surface area contributed by atoms with Gasteiger partial charge in [-0.05, 0) is 43.4 Å². The highest BCUT2D eigenvalue weighted by atomic mass is 32.1. The summed E-state index contributed by atoms with van der Waals surface area (Å²) < 4.78 is 1.18. The summed E-state index contributed by atoms with van der Waals surface area (Å²) in [5.74, 6) is -0.0281. The van der Waals surface area contributed by atoms with Crippen LogP contribution >= 0.6 is 11.3 Å². The fraction of sp³-hybridized carbons (Fsp3) is 0.429. The molecule has 2 aliphatic rings. The zero-order valence-corrected chi connectivity index (χ0v) is 10.7. The fourth-order valence-corrected chi connectivity index (χ4v) is 3.62. The Bertz CT molecular complexity index is 653. The van der Waals surface area contributed by atoms with Crippen molar-refractivity contribution in [2.45, 2.75) is 37.0 Å². The Balaban J connectivity index is 1.81. The smallest absolute Gasteiger partial charge is 0.314 e. The van der Waals surface area contributed by atoms with Gasteiger partial charge in [-0.25, -0.2) is 4.98 Å². The molecule has 1 heterocycles. The number of carboxylic acid groups (broad SMARTS) is 1. The molecule has 4 rings (SSSR count). The van der Waals surface area contributed by atoms with Crippen molar-refractivity contribution in [2.75, 3.05) is 0 Å². The zero-order chi connectivity index (χ0) is 12.3. The number of rotatable bonds is 3. The van der Waals surface area contributed by atoms with E-state index >= 15 is 0 Å². The van der Waals surface area contributed by atoms with E-state index < -0.39 is 11.4 Å². The monoisotopic (exact) mass is 259 g/mol. The maximum Gasteiger partial charge on any atom is 0.314 e. The van der Waals surface area contributed by atoms with Crippen LogP contribution in [0.5, 0.6) is 0 Å². The van der Waals surface area contributed by atoms with E-state index in [-0.39, 0.29) is 0 Å². The van der Waals surface area contributed by atoms with Crippen LogP contribution < -0.4 is 0 Å². The molecule has 92 valence electrons. The molecule has 0 aliphatic heterocycles. The zero-order valence-electron chi connectivity index (χ0n) is 9.85. The predicted octanol–water partition coefficient (Wildman–Crippen LogP) is 3.29. The van der Waals surface area contributed by atoms with E-state index in [0.717, 1.165) is 23.9 Å². The van der Waals surface area contributed by atoms with Crippen molar-refractivity contribution in [1.29, 1.82) is 0 Å². The molecule has 1 N–H and O–H groups in total. The molecule has 0 saturated heterocycles. The Labute approximate surface area is 108 Å². The Morgan fingerprint density at radius 2 is 2.17 bits per heavy atom. The van der Waals surface area contributed by atoms with Crippen LogP contribution in [0.4, 0.5) is 0 Å². The molecule has 1 aromatic carbocycles. The van der Waals surface area contributed by atoms with Gasteiger partial charge in [0.05, 0.1) is 20.6 Å². The molecule has 4 heteroatoms. The van der Waals surface area contributed by atoms with Crippen molar-refractivity contribution in [3.63, 3.8) is 0 Å². The lowest BCUT2D eigenvalue weighted by molar-refractivity contribution is -0.140. The molecule has 2 aliphatic carbocycles. The van der Waals surface area contributed by atoms with Gasteiger partial charge in [-0.15, -0.1) is 11.3 Å². The summed E-state index contributed by atoms with van der Waals surface area (Å²) in [6.45, 7) is 0. The SMILES string of the molecule is O=C(O)C1(c2ccc3sc(C4CC4)nc3c2)CC1. The lowest BCUT2D eigenvalue weighted by atomic mass is 9.96. The van der Waals surface area contributed by atoms with E-state index in [1.54, 1.807) is 11.3 Å². The van der Waals surface area contributed by atoms with Gasteiger partial charge in [0.25, 0.3) is 0 Å². The molecule has 0 atom stereocenters. The van der Waals surface area contributed by atoms with Crippen molar-refractivity contribution in [3.05, 3.63) is 28.8 Å². The van der Waals surface area contributed by atoms with E-state index in [1.807, 2.05) is 18.2 Å². The first-order chi connectivity index (χ1) is 8.69. The van der Waals surface area contributed by atoms with Crippen molar-refractivity contribution in [3.8, 4) is 0 Å². The third kappa shape index (κ3) is 1.42. The van der Waals surface area contributed by atoms with Crippen LogP contribution in [0.1, 0.15) is 42.2 Å². The quantitative estimate of drug-likeness (QED) is 0.920. The number of benzene rings is 1. The number of nitrogens with zero attached hydrogens (tertiary/aromatic N) is 1. The Hall–Kier alpha value is -1.42. The normalized spacial score (nSPS) is 21.1. The second kappa shape index (κ2) is 3.32. The summed E-state index contributed by atoms with van der Waals surface area (Å²) in [7, 11) is 0. The summed E-state index contributed by atoms with van der Waals surface area (Å²) in [5, 5.41) is 10.5. The van der Waals surface area contributed by atoms with Crippen LogP contribution in [0.25, 0.3) is 10.2 Å². The summed E-state index contributed by atoms with van der Waals surface area (Å²) in [6, 6.07) is 5.99. The van der Waals surface area contributed by atoms with Gasteiger partial charge in [0.2, 0.25) is 0 Å². The molecular weight excluding hydrogens is 246 g/mol. The molecule has 0 unspecified atom stereocenters. The highest BCUT2D eigenvalue weighted by Crippen LogP contribution is 2.49.